The zero-order valence-electron chi connectivity index (χ0n) is 42.2. The smallest absolute Gasteiger partial charge is 0.457 e. The molecule has 0 aromatic rings. The van der Waals surface area contributed by atoms with Crippen LogP contribution < -0.4 is 0 Å². The van der Waals surface area contributed by atoms with Gasteiger partial charge in [0.2, 0.25) is 0 Å². The van der Waals surface area contributed by atoms with Crippen LogP contribution in [0.2, 0.25) is 0 Å². The summed E-state index contributed by atoms with van der Waals surface area (Å²) in [4.78, 5) is 34.7. The highest BCUT2D eigenvalue weighted by Crippen LogP contribution is 2.43. The third-order valence-electron chi connectivity index (χ3n) is 12.2. The highest BCUT2D eigenvalue weighted by Gasteiger charge is 2.27. The van der Waals surface area contributed by atoms with Crippen LogP contribution in [0.4, 0.5) is 0 Å². The lowest BCUT2D eigenvalue weighted by atomic mass is 10.0. The van der Waals surface area contributed by atoms with Crippen molar-refractivity contribution in [1.29, 1.82) is 0 Å². The molecule has 0 aromatic carbocycles. The Bertz CT molecular complexity index is 1130. The maximum Gasteiger partial charge on any atom is 0.472 e. The maximum atomic E-state index is 12.4. The van der Waals surface area contributed by atoms with Crippen LogP contribution in [0, 0.1) is 0 Å². The fraction of sp³-hybridized carbons (Fsp3) is 0.889. The van der Waals surface area contributed by atoms with E-state index in [2.05, 4.69) is 38.2 Å². The largest absolute Gasteiger partial charge is 0.472 e. The predicted molar refractivity (Wildman–Crippen MR) is 270 cm³/mol. The molecule has 0 heterocycles. The van der Waals surface area contributed by atoms with Gasteiger partial charge in [-0.25, -0.2) is 4.57 Å². The number of unbranched alkanes of at least 4 members (excludes halogenated alkanes) is 34. The minimum absolute atomic E-state index is 0.192. The van der Waals surface area contributed by atoms with E-state index in [0.29, 0.717) is 12.8 Å². The van der Waals surface area contributed by atoms with Gasteiger partial charge in [-0.2, -0.15) is 0 Å². The van der Waals surface area contributed by atoms with Gasteiger partial charge >= 0.3 is 19.8 Å². The monoisotopic (exact) mass is 943 g/mol. The normalized spacial score (nSPS) is 13.7. The summed E-state index contributed by atoms with van der Waals surface area (Å²) >= 11 is 0. The Labute approximate surface area is 399 Å². The molecule has 0 aromatic heterocycles. The first kappa shape index (κ1) is 63.5. The molecule has 0 aliphatic rings. The van der Waals surface area contributed by atoms with E-state index in [1.807, 2.05) is 0 Å². The number of allylic oxidation sites excluding steroid dienone is 4. The number of phosphoric acid groups is 1. The van der Waals surface area contributed by atoms with E-state index in [9.17, 15) is 29.3 Å². The molecule has 0 bridgehead atoms. The second kappa shape index (κ2) is 50.3. The molecule has 0 fully saturated rings. The number of aliphatic hydroxyl groups is 2. The summed E-state index contributed by atoms with van der Waals surface area (Å²) in [6, 6.07) is 0. The minimum atomic E-state index is -4.64. The van der Waals surface area contributed by atoms with Gasteiger partial charge in [0.1, 0.15) is 12.2 Å². The Kier molecular flexibility index (Phi) is 49.1. The lowest BCUT2D eigenvalue weighted by Crippen LogP contribution is -2.28. The van der Waals surface area contributed by atoms with Gasteiger partial charge in [0.05, 0.1) is 26.4 Å². The molecular formula is C54H103O10P. The van der Waals surface area contributed by atoms with Crippen molar-refractivity contribution in [3.8, 4) is 0 Å². The zero-order valence-corrected chi connectivity index (χ0v) is 43.1. The molecule has 11 heteroatoms. The van der Waals surface area contributed by atoms with E-state index in [0.717, 1.165) is 44.9 Å². The molecule has 3 N–H and O–H groups in total. The topological polar surface area (TPSA) is 149 Å². The van der Waals surface area contributed by atoms with Gasteiger partial charge in [-0.1, -0.05) is 237 Å². The van der Waals surface area contributed by atoms with Crippen molar-refractivity contribution >= 4 is 19.8 Å². The summed E-state index contributed by atoms with van der Waals surface area (Å²) < 4.78 is 32.8. The molecule has 10 nitrogen and oxygen atoms in total. The van der Waals surface area contributed by atoms with E-state index < -0.39 is 58.4 Å². The number of carbonyl (C=O) groups excluding carboxylic acids is 2. The number of esters is 2. The average molecular weight is 943 g/mol. The van der Waals surface area contributed by atoms with Crippen LogP contribution in [0.15, 0.2) is 24.3 Å². The van der Waals surface area contributed by atoms with Gasteiger partial charge in [-0.3, -0.25) is 18.6 Å². The third kappa shape index (κ3) is 48.7. The number of hydrogen-bond acceptors (Lipinski definition) is 9. The van der Waals surface area contributed by atoms with Crippen molar-refractivity contribution in [3.63, 3.8) is 0 Å². The fourth-order valence-electron chi connectivity index (χ4n) is 7.97. The fourth-order valence-corrected chi connectivity index (χ4v) is 8.76. The van der Waals surface area contributed by atoms with Crippen LogP contribution >= 0.6 is 7.82 Å². The quantitative estimate of drug-likeness (QED) is 0.0233. The Morgan fingerprint density at radius 3 is 0.954 bits per heavy atom. The molecule has 0 saturated carbocycles. The first-order valence-electron chi connectivity index (χ1n) is 27.3. The van der Waals surface area contributed by atoms with E-state index in [1.54, 1.807) is 0 Å². The van der Waals surface area contributed by atoms with Gasteiger partial charge in [0.25, 0.3) is 0 Å². The van der Waals surface area contributed by atoms with Crippen LogP contribution in [-0.2, 0) is 32.7 Å². The highest BCUT2D eigenvalue weighted by molar-refractivity contribution is 7.47. The number of aliphatic hydroxyl groups excluding tert-OH is 2. The molecular weight excluding hydrogens is 840 g/mol. The van der Waals surface area contributed by atoms with Crippen molar-refractivity contribution in [2.24, 2.45) is 0 Å². The van der Waals surface area contributed by atoms with Gasteiger partial charge in [-0.15, -0.1) is 0 Å². The zero-order chi connectivity index (χ0) is 47.6. The average Bonchev–Trinajstić information content (AvgIpc) is 3.30. The summed E-state index contributed by atoms with van der Waals surface area (Å²) in [6.45, 7) is 2.26. The molecule has 0 spiro atoms. The highest BCUT2D eigenvalue weighted by atomic mass is 31.2. The Morgan fingerprint density at radius 2 is 0.677 bits per heavy atom. The molecule has 0 aliphatic carbocycles. The van der Waals surface area contributed by atoms with Crippen LogP contribution in [0.5, 0.6) is 0 Å². The van der Waals surface area contributed by atoms with E-state index in [1.165, 1.54) is 186 Å². The number of hydrogen-bond donors (Lipinski definition) is 3. The molecule has 0 rings (SSSR count). The molecule has 65 heavy (non-hydrogen) atoms. The van der Waals surface area contributed by atoms with Crippen molar-refractivity contribution in [1.82, 2.24) is 0 Å². The molecule has 3 unspecified atom stereocenters. The van der Waals surface area contributed by atoms with Crippen LogP contribution in [0.1, 0.15) is 271 Å². The standard InChI is InChI=1S/C54H103O10P/c1-3-5-7-9-11-13-15-17-19-21-23-24-25-26-28-30-32-34-36-38-40-42-44-46-54(58)64-52(48-56)50-62-65(59,60)61-49-51(47-55)63-53(57)45-43-41-39-37-35-33-31-29-27-22-20-18-16-14-12-10-8-6-4-2/h15,17,21,23,51-52,55-56H,3-14,16,18-20,22,24-50H2,1-2H3,(H,59,60)/b17-15-,23-21-. The number of rotatable bonds is 52. The van der Waals surface area contributed by atoms with Crippen LogP contribution in [0.25, 0.3) is 0 Å². The molecule has 0 aliphatic heterocycles. The van der Waals surface area contributed by atoms with Gasteiger partial charge in [0.15, 0.2) is 0 Å². The van der Waals surface area contributed by atoms with Crippen LogP contribution in [0.3, 0.4) is 0 Å². The lowest BCUT2D eigenvalue weighted by molar-refractivity contribution is -0.153. The van der Waals surface area contributed by atoms with Crippen LogP contribution in [-0.4, -0.2) is 65.7 Å². The second-order valence-corrected chi connectivity index (χ2v) is 20.0. The third-order valence-corrected chi connectivity index (χ3v) is 13.1. The summed E-state index contributed by atoms with van der Waals surface area (Å²) in [5.74, 6) is -1.01. The van der Waals surface area contributed by atoms with Gasteiger partial charge < -0.3 is 24.6 Å². The number of phosphoric ester groups is 1. The summed E-state index contributed by atoms with van der Waals surface area (Å²) in [5, 5.41) is 19.3. The Hall–Kier alpha value is -1.55. The molecule has 0 amide bonds. The predicted octanol–water partition coefficient (Wildman–Crippen LogP) is 15.7. The van der Waals surface area contributed by atoms with Crippen molar-refractivity contribution in [3.05, 3.63) is 24.3 Å². The SMILES string of the molecule is CCCCCCC/C=C\C/C=C\CCCCCCCCCCCCCC(=O)OC(CO)COP(=O)(O)OCC(CO)OC(=O)CCCCCCCCCCCCCCCCCCCCC. The first-order chi connectivity index (χ1) is 31.8. The van der Waals surface area contributed by atoms with Gasteiger partial charge in [-0.05, 0) is 44.9 Å². The Morgan fingerprint density at radius 1 is 0.415 bits per heavy atom. The Balaban J connectivity index is 3.79. The molecule has 0 radical (unpaired) electrons. The molecule has 3 atom stereocenters. The molecule has 0 saturated heterocycles. The number of ether oxygens (including phenoxy) is 2. The van der Waals surface area contributed by atoms with E-state index >= 15 is 0 Å². The van der Waals surface area contributed by atoms with Gasteiger partial charge in [0, 0.05) is 12.8 Å². The van der Waals surface area contributed by atoms with Crippen molar-refractivity contribution in [2.75, 3.05) is 26.4 Å². The second-order valence-electron chi connectivity index (χ2n) is 18.6. The summed E-state index contributed by atoms with van der Waals surface area (Å²) in [6.07, 6.45) is 54.4. The first-order valence-corrected chi connectivity index (χ1v) is 28.8. The lowest BCUT2D eigenvalue weighted by Gasteiger charge is -2.20. The summed E-state index contributed by atoms with van der Waals surface area (Å²) in [5.41, 5.74) is 0. The maximum absolute atomic E-state index is 12.4. The van der Waals surface area contributed by atoms with E-state index in [-0.39, 0.29) is 12.8 Å². The number of carbonyl (C=O) groups is 2. The van der Waals surface area contributed by atoms with Crippen molar-refractivity contribution < 1.29 is 47.8 Å². The minimum Gasteiger partial charge on any atom is -0.457 e. The molecule has 384 valence electrons. The summed E-state index contributed by atoms with van der Waals surface area (Å²) in [7, 11) is -4.64. The van der Waals surface area contributed by atoms with E-state index in [4.69, 9.17) is 18.5 Å². The van der Waals surface area contributed by atoms with Crippen molar-refractivity contribution in [2.45, 2.75) is 283 Å².